The third-order valence-corrected chi connectivity index (χ3v) is 10.0. The number of sulfonamides is 1. The quantitative estimate of drug-likeness (QED) is 0.371. The zero-order valence-electron chi connectivity index (χ0n) is 22.0. The van der Waals surface area contributed by atoms with Gasteiger partial charge in [0.2, 0.25) is 15.9 Å². The molecule has 2 aliphatic heterocycles. The third kappa shape index (κ3) is 5.58. The summed E-state index contributed by atoms with van der Waals surface area (Å²) in [5, 5.41) is 2.95. The Kier molecular flexibility index (Phi) is 8.70. The molecule has 3 aromatic rings. The molecule has 0 saturated carbocycles. The maximum Gasteiger partial charge on any atom is 0.311 e. The molecule has 10 heteroatoms. The second-order valence-electron chi connectivity index (χ2n) is 9.95. The van der Waals surface area contributed by atoms with Gasteiger partial charge in [0.1, 0.15) is 6.04 Å². The molecule has 1 amide bonds. The molecule has 5 atom stereocenters. The molecule has 0 spiro atoms. The Balaban J connectivity index is 1.71. The van der Waals surface area contributed by atoms with Crippen molar-refractivity contribution in [2.45, 2.75) is 41.8 Å². The largest absolute Gasteiger partial charge is 0.469 e. The SMILES string of the molecule is COC(=O)C1C(c2ccccc2)C(C(=O)NCC2CCCO2)N(S(=O)(=O)c2ccc(Br)cc2)C1c1ccccc1. The van der Waals surface area contributed by atoms with Crippen LogP contribution in [0.15, 0.2) is 94.3 Å². The van der Waals surface area contributed by atoms with Crippen molar-refractivity contribution in [3.05, 3.63) is 101 Å². The Morgan fingerprint density at radius 3 is 2.17 bits per heavy atom. The van der Waals surface area contributed by atoms with Crippen LogP contribution in [0, 0.1) is 5.92 Å². The minimum atomic E-state index is -4.29. The first kappa shape index (κ1) is 28.5. The van der Waals surface area contributed by atoms with Gasteiger partial charge in [-0.25, -0.2) is 8.42 Å². The summed E-state index contributed by atoms with van der Waals surface area (Å²) in [6.07, 6.45) is 1.57. The average molecular weight is 628 g/mol. The van der Waals surface area contributed by atoms with Gasteiger partial charge in [-0.15, -0.1) is 0 Å². The van der Waals surface area contributed by atoms with Crippen molar-refractivity contribution in [2.75, 3.05) is 20.3 Å². The fourth-order valence-corrected chi connectivity index (χ4v) is 7.86. The second-order valence-corrected chi connectivity index (χ2v) is 12.7. The number of hydrogen-bond donors (Lipinski definition) is 1. The first-order valence-corrected chi connectivity index (χ1v) is 15.4. The highest BCUT2D eigenvalue weighted by atomic mass is 79.9. The maximum absolute atomic E-state index is 14.5. The molecular weight excluding hydrogens is 596 g/mol. The molecule has 0 bridgehead atoms. The van der Waals surface area contributed by atoms with E-state index in [-0.39, 0.29) is 17.5 Å². The highest BCUT2D eigenvalue weighted by Crippen LogP contribution is 2.52. The van der Waals surface area contributed by atoms with E-state index in [1.807, 2.05) is 36.4 Å². The predicted octanol–water partition coefficient (Wildman–Crippen LogP) is 4.43. The number of carbonyl (C=O) groups is 2. The fourth-order valence-electron chi connectivity index (χ4n) is 5.79. The number of benzene rings is 3. The molecule has 5 rings (SSSR count). The van der Waals surface area contributed by atoms with Crippen molar-refractivity contribution in [3.8, 4) is 0 Å². The van der Waals surface area contributed by atoms with Gasteiger partial charge in [-0.2, -0.15) is 4.31 Å². The number of methoxy groups -OCH3 is 1. The van der Waals surface area contributed by atoms with E-state index in [4.69, 9.17) is 9.47 Å². The third-order valence-electron chi connectivity index (χ3n) is 7.60. The first-order chi connectivity index (χ1) is 19.3. The summed E-state index contributed by atoms with van der Waals surface area (Å²) in [5.41, 5.74) is 1.26. The van der Waals surface area contributed by atoms with Gasteiger partial charge in [-0.1, -0.05) is 76.6 Å². The van der Waals surface area contributed by atoms with Crippen molar-refractivity contribution in [2.24, 2.45) is 5.92 Å². The van der Waals surface area contributed by atoms with Crippen molar-refractivity contribution in [1.29, 1.82) is 0 Å². The molecule has 3 aromatic carbocycles. The van der Waals surface area contributed by atoms with E-state index >= 15 is 0 Å². The van der Waals surface area contributed by atoms with Crippen LogP contribution in [0.5, 0.6) is 0 Å². The summed E-state index contributed by atoms with van der Waals surface area (Å²) in [7, 11) is -3.00. The van der Waals surface area contributed by atoms with Crippen molar-refractivity contribution >= 4 is 37.8 Å². The van der Waals surface area contributed by atoms with Crippen molar-refractivity contribution < 1.29 is 27.5 Å². The molecule has 2 aliphatic rings. The molecule has 210 valence electrons. The van der Waals surface area contributed by atoms with Gasteiger partial charge >= 0.3 is 5.97 Å². The summed E-state index contributed by atoms with van der Waals surface area (Å²) < 4.78 is 41.9. The fraction of sp³-hybridized carbons (Fsp3) is 0.333. The molecule has 0 aromatic heterocycles. The van der Waals surface area contributed by atoms with E-state index in [1.54, 1.807) is 36.4 Å². The lowest BCUT2D eigenvalue weighted by Crippen LogP contribution is -2.49. The lowest BCUT2D eigenvalue weighted by Gasteiger charge is -2.30. The second kappa shape index (κ2) is 12.2. The van der Waals surface area contributed by atoms with Gasteiger partial charge in [0.15, 0.2) is 0 Å². The Bertz CT molecular complexity index is 1430. The molecule has 2 heterocycles. The summed E-state index contributed by atoms with van der Waals surface area (Å²) >= 11 is 3.36. The van der Waals surface area contributed by atoms with Gasteiger partial charge in [-0.05, 0) is 48.2 Å². The highest BCUT2D eigenvalue weighted by Gasteiger charge is 2.60. The Morgan fingerprint density at radius 2 is 1.60 bits per heavy atom. The monoisotopic (exact) mass is 626 g/mol. The van der Waals surface area contributed by atoms with Crippen LogP contribution >= 0.6 is 15.9 Å². The van der Waals surface area contributed by atoms with E-state index in [2.05, 4.69) is 21.2 Å². The Hall–Kier alpha value is -3.05. The Morgan fingerprint density at radius 1 is 0.975 bits per heavy atom. The van der Waals surface area contributed by atoms with Crippen LogP contribution in [-0.2, 0) is 29.1 Å². The van der Waals surface area contributed by atoms with E-state index < -0.39 is 45.8 Å². The van der Waals surface area contributed by atoms with Crippen LogP contribution in [-0.4, -0.2) is 57.0 Å². The number of ether oxygens (including phenoxy) is 2. The van der Waals surface area contributed by atoms with Crippen LogP contribution < -0.4 is 5.32 Å². The zero-order valence-corrected chi connectivity index (χ0v) is 24.4. The molecule has 2 saturated heterocycles. The molecule has 1 N–H and O–H groups in total. The molecule has 40 heavy (non-hydrogen) atoms. The predicted molar refractivity (Wildman–Crippen MR) is 153 cm³/mol. The molecule has 2 fully saturated rings. The summed E-state index contributed by atoms with van der Waals surface area (Å²) in [5.74, 6) is -2.88. The molecule has 8 nitrogen and oxygen atoms in total. The molecule has 0 aliphatic carbocycles. The van der Waals surface area contributed by atoms with Gasteiger partial charge in [0, 0.05) is 23.5 Å². The minimum absolute atomic E-state index is 0.0193. The van der Waals surface area contributed by atoms with E-state index in [1.165, 1.54) is 23.5 Å². The van der Waals surface area contributed by atoms with Crippen LogP contribution in [0.25, 0.3) is 0 Å². The zero-order chi connectivity index (χ0) is 28.3. The lowest BCUT2D eigenvalue weighted by atomic mass is 9.80. The van der Waals surface area contributed by atoms with Gasteiger partial charge < -0.3 is 14.8 Å². The van der Waals surface area contributed by atoms with Crippen LogP contribution in [0.2, 0.25) is 0 Å². The summed E-state index contributed by atoms with van der Waals surface area (Å²) in [4.78, 5) is 27.7. The molecule has 5 unspecified atom stereocenters. The number of rotatable bonds is 8. The smallest absolute Gasteiger partial charge is 0.311 e. The van der Waals surface area contributed by atoms with Crippen LogP contribution in [0.4, 0.5) is 0 Å². The number of halogens is 1. The van der Waals surface area contributed by atoms with Crippen molar-refractivity contribution in [3.63, 3.8) is 0 Å². The topological polar surface area (TPSA) is 102 Å². The number of nitrogens with one attached hydrogen (secondary N) is 1. The number of amides is 1. The lowest BCUT2D eigenvalue weighted by molar-refractivity contribution is -0.146. The van der Waals surface area contributed by atoms with E-state index in [9.17, 15) is 18.0 Å². The molecular formula is C30H31BrN2O6S. The van der Waals surface area contributed by atoms with Crippen LogP contribution in [0.3, 0.4) is 0 Å². The highest BCUT2D eigenvalue weighted by molar-refractivity contribution is 9.10. The summed E-state index contributed by atoms with van der Waals surface area (Å²) in [6, 6.07) is 22.1. The van der Waals surface area contributed by atoms with Gasteiger partial charge in [0.25, 0.3) is 0 Å². The number of hydrogen-bond acceptors (Lipinski definition) is 6. The number of carbonyl (C=O) groups excluding carboxylic acids is 2. The number of esters is 1. The first-order valence-electron chi connectivity index (χ1n) is 13.2. The normalized spacial score (nSPS) is 25.0. The van der Waals surface area contributed by atoms with Gasteiger partial charge in [0.05, 0.1) is 30.1 Å². The van der Waals surface area contributed by atoms with Crippen molar-refractivity contribution in [1.82, 2.24) is 9.62 Å². The average Bonchev–Trinajstić information content (AvgIpc) is 3.63. The summed E-state index contributed by atoms with van der Waals surface area (Å²) in [6.45, 7) is 0.878. The Labute approximate surface area is 242 Å². The van der Waals surface area contributed by atoms with E-state index in [0.29, 0.717) is 22.2 Å². The van der Waals surface area contributed by atoms with Crippen LogP contribution in [0.1, 0.15) is 35.9 Å². The molecule has 0 radical (unpaired) electrons. The maximum atomic E-state index is 14.5. The number of nitrogens with zero attached hydrogens (tertiary/aromatic N) is 1. The minimum Gasteiger partial charge on any atom is -0.469 e. The van der Waals surface area contributed by atoms with E-state index in [0.717, 1.165) is 12.8 Å². The van der Waals surface area contributed by atoms with Gasteiger partial charge in [-0.3, -0.25) is 9.59 Å². The standard InChI is InChI=1S/C30H31BrN2O6S/c1-38-30(35)26-25(20-9-4-2-5-10-20)28(29(34)32-19-23-13-8-18-39-23)33(27(26)21-11-6-3-7-12-21)40(36,37)24-16-14-22(31)15-17-24/h2-7,9-12,14-17,23,25-28H,8,13,18-19H2,1H3,(H,32,34).